The summed E-state index contributed by atoms with van der Waals surface area (Å²) >= 11 is 1.21. The van der Waals surface area contributed by atoms with Crippen molar-refractivity contribution in [2.75, 3.05) is 26.3 Å². The number of aromatic nitrogens is 1. The minimum absolute atomic E-state index is 0.0207. The van der Waals surface area contributed by atoms with Crippen LogP contribution >= 0.6 is 11.3 Å². The summed E-state index contributed by atoms with van der Waals surface area (Å²) in [6.45, 7) is 4.02. The third-order valence-electron chi connectivity index (χ3n) is 5.44. The highest BCUT2D eigenvalue weighted by Gasteiger charge is 2.24. The van der Waals surface area contributed by atoms with Crippen molar-refractivity contribution in [3.05, 3.63) is 52.8 Å². The number of carbonyl (C=O) groups is 2. The molecule has 0 aliphatic heterocycles. The van der Waals surface area contributed by atoms with Gasteiger partial charge in [0.2, 0.25) is 10.0 Å². The predicted octanol–water partition coefficient (Wildman–Crippen LogP) is 3.22. The molecule has 0 atom stereocenters. The number of benzene rings is 2. The summed E-state index contributed by atoms with van der Waals surface area (Å²) in [7, 11) is -3.97. The zero-order chi connectivity index (χ0) is 28.4. The fourth-order valence-electron chi connectivity index (χ4n) is 3.66. The second kappa shape index (κ2) is 13.7. The van der Waals surface area contributed by atoms with E-state index in [1.54, 1.807) is 29.7 Å². The first-order chi connectivity index (χ1) is 18.7. The van der Waals surface area contributed by atoms with Crippen LogP contribution in [0.15, 0.2) is 52.4 Å². The molecule has 0 aliphatic carbocycles. The zero-order valence-corrected chi connectivity index (χ0v) is 23.1. The molecule has 0 unspecified atom stereocenters. The first kappa shape index (κ1) is 29.5. The highest BCUT2D eigenvalue weighted by molar-refractivity contribution is 7.89. The second-order valence-electron chi connectivity index (χ2n) is 8.00. The lowest BCUT2D eigenvalue weighted by atomic mass is 10.2. The molecular formula is C26H27N5O6S2. The Kier molecular flexibility index (Phi) is 10.3. The monoisotopic (exact) mass is 569 g/mol. The molecule has 0 radical (unpaired) electrons. The van der Waals surface area contributed by atoms with Gasteiger partial charge in [-0.1, -0.05) is 11.3 Å². The third kappa shape index (κ3) is 7.29. The van der Waals surface area contributed by atoms with Gasteiger partial charge in [-0.2, -0.15) is 19.8 Å². The van der Waals surface area contributed by atoms with Crippen LogP contribution in [-0.4, -0.2) is 55.5 Å². The van der Waals surface area contributed by atoms with E-state index in [9.17, 15) is 18.0 Å². The lowest BCUT2D eigenvalue weighted by Gasteiger charge is -2.20. The van der Waals surface area contributed by atoms with Crippen LogP contribution in [0.4, 0.5) is 0 Å². The van der Waals surface area contributed by atoms with Gasteiger partial charge in [-0.15, -0.1) is 0 Å². The molecule has 0 spiro atoms. The summed E-state index contributed by atoms with van der Waals surface area (Å²) in [4.78, 5) is 29.7. The minimum Gasteiger partial charge on any atom is -0.494 e. The Morgan fingerprint density at radius 2 is 1.69 bits per heavy atom. The van der Waals surface area contributed by atoms with E-state index in [2.05, 4.69) is 4.99 Å². The number of hydrogen-bond donors (Lipinski definition) is 0. The fourth-order valence-corrected chi connectivity index (χ4v) is 6.15. The van der Waals surface area contributed by atoms with E-state index in [1.807, 2.05) is 19.1 Å². The normalized spacial score (nSPS) is 11.8. The summed E-state index contributed by atoms with van der Waals surface area (Å²) in [5.41, 5.74) is 0.823. The summed E-state index contributed by atoms with van der Waals surface area (Å²) < 4.78 is 40.1. The molecular weight excluding hydrogens is 542 g/mol. The number of sulfonamides is 1. The van der Waals surface area contributed by atoms with Gasteiger partial charge in [0.25, 0.3) is 5.91 Å². The smallest absolute Gasteiger partial charge is 0.326 e. The maximum absolute atomic E-state index is 13.1. The quantitative estimate of drug-likeness (QED) is 0.301. The van der Waals surface area contributed by atoms with Gasteiger partial charge in [-0.25, -0.2) is 8.42 Å². The van der Waals surface area contributed by atoms with Crippen molar-refractivity contribution >= 4 is 43.5 Å². The number of fused-ring (bicyclic) bond motifs is 1. The Balaban J connectivity index is 1.97. The molecule has 1 aromatic heterocycles. The van der Waals surface area contributed by atoms with Crippen molar-refractivity contribution in [3.63, 3.8) is 0 Å². The standard InChI is InChI=1S/C26H27N5O6S2/c1-3-36-20-9-12-22-23(17-20)38-26(31(22)18-24(32)37-4-2)29-25(33)19-7-10-21(11-8-19)39(34,35)30(15-5-13-27)16-6-14-28/h7-12,17H,3-6,15-16,18H2,1-2H3. The number of thiazole rings is 1. The molecule has 3 aromatic rings. The SMILES string of the molecule is CCOC(=O)Cn1c(=NC(=O)c2ccc(S(=O)(=O)N(CCC#N)CCC#N)cc2)sc2cc(OCC)ccc21. The topological polar surface area (TPSA) is 155 Å². The molecule has 11 nitrogen and oxygen atoms in total. The van der Waals surface area contributed by atoms with E-state index in [0.29, 0.717) is 17.9 Å². The number of amides is 1. The third-order valence-corrected chi connectivity index (χ3v) is 8.39. The average Bonchev–Trinajstić information content (AvgIpc) is 3.24. The molecule has 39 heavy (non-hydrogen) atoms. The van der Waals surface area contributed by atoms with Crippen molar-refractivity contribution < 1.29 is 27.5 Å². The van der Waals surface area contributed by atoms with Crippen LogP contribution in [0.1, 0.15) is 37.0 Å². The summed E-state index contributed by atoms with van der Waals surface area (Å²) in [6, 6.07) is 14.4. The molecule has 13 heteroatoms. The van der Waals surface area contributed by atoms with Crippen LogP contribution in [0, 0.1) is 22.7 Å². The highest BCUT2D eigenvalue weighted by atomic mass is 32.2. The first-order valence-electron chi connectivity index (χ1n) is 12.1. The number of hydrogen-bond acceptors (Lipinski definition) is 9. The van der Waals surface area contributed by atoms with Gasteiger partial charge in [0, 0.05) is 31.5 Å². The molecule has 0 N–H and O–H groups in total. The van der Waals surface area contributed by atoms with Gasteiger partial charge in [-0.3, -0.25) is 9.59 Å². The van der Waals surface area contributed by atoms with Crippen LogP contribution in [0.3, 0.4) is 0 Å². The van der Waals surface area contributed by atoms with Gasteiger partial charge in [0.05, 0.1) is 40.5 Å². The van der Waals surface area contributed by atoms with Crippen LogP contribution in [0.25, 0.3) is 10.2 Å². The average molecular weight is 570 g/mol. The minimum atomic E-state index is -3.97. The number of esters is 1. The summed E-state index contributed by atoms with van der Waals surface area (Å²) in [5, 5.41) is 17.7. The van der Waals surface area contributed by atoms with Crippen LogP contribution < -0.4 is 9.54 Å². The number of nitrogens with zero attached hydrogens (tertiary/aromatic N) is 5. The van der Waals surface area contributed by atoms with Crippen molar-refractivity contribution in [3.8, 4) is 17.9 Å². The van der Waals surface area contributed by atoms with E-state index < -0.39 is 21.9 Å². The molecule has 0 bridgehead atoms. The Hall–Kier alpha value is -4.04. The first-order valence-corrected chi connectivity index (χ1v) is 14.4. The molecule has 0 aliphatic rings. The largest absolute Gasteiger partial charge is 0.494 e. The molecule has 204 valence electrons. The Bertz CT molecular complexity index is 1580. The molecule has 2 aromatic carbocycles. The number of nitriles is 2. The van der Waals surface area contributed by atoms with Crippen molar-refractivity contribution in [2.45, 2.75) is 38.1 Å². The van der Waals surface area contributed by atoms with Crippen molar-refractivity contribution in [2.24, 2.45) is 4.99 Å². The fraction of sp³-hybridized carbons (Fsp3) is 0.346. The van der Waals surface area contributed by atoms with Crippen LogP contribution in [0.2, 0.25) is 0 Å². The maximum Gasteiger partial charge on any atom is 0.326 e. The number of rotatable bonds is 12. The number of carbonyl (C=O) groups excluding carboxylic acids is 2. The van der Waals surface area contributed by atoms with E-state index in [-0.39, 0.29) is 54.3 Å². The molecule has 1 heterocycles. The molecule has 3 rings (SSSR count). The molecule has 0 fully saturated rings. The van der Waals surface area contributed by atoms with Crippen molar-refractivity contribution in [1.29, 1.82) is 10.5 Å². The Morgan fingerprint density at radius 1 is 1.03 bits per heavy atom. The predicted molar refractivity (Wildman–Crippen MR) is 143 cm³/mol. The lowest BCUT2D eigenvalue weighted by molar-refractivity contribution is -0.143. The summed E-state index contributed by atoms with van der Waals surface area (Å²) in [5.74, 6) is -0.464. The van der Waals surface area contributed by atoms with Gasteiger partial charge in [0.15, 0.2) is 4.80 Å². The highest BCUT2D eigenvalue weighted by Crippen LogP contribution is 2.24. The van der Waals surface area contributed by atoms with Gasteiger partial charge in [0.1, 0.15) is 12.3 Å². The van der Waals surface area contributed by atoms with E-state index in [1.165, 1.54) is 35.6 Å². The Morgan fingerprint density at radius 3 is 2.28 bits per heavy atom. The summed E-state index contributed by atoms with van der Waals surface area (Å²) in [6.07, 6.45) is -0.0414. The van der Waals surface area contributed by atoms with Gasteiger partial charge in [-0.05, 0) is 56.3 Å². The molecule has 0 saturated carbocycles. The number of ether oxygens (including phenoxy) is 2. The zero-order valence-electron chi connectivity index (χ0n) is 21.5. The van der Waals surface area contributed by atoms with Crippen molar-refractivity contribution in [1.82, 2.24) is 8.87 Å². The molecule has 0 saturated heterocycles. The maximum atomic E-state index is 13.1. The second-order valence-corrected chi connectivity index (χ2v) is 10.9. The van der Waals surface area contributed by atoms with E-state index >= 15 is 0 Å². The van der Waals surface area contributed by atoms with E-state index in [0.717, 1.165) is 9.01 Å². The van der Waals surface area contributed by atoms with Crippen LogP contribution in [-0.2, 0) is 26.1 Å². The van der Waals surface area contributed by atoms with E-state index in [4.69, 9.17) is 20.0 Å². The van der Waals surface area contributed by atoms with Gasteiger partial charge < -0.3 is 14.0 Å². The van der Waals surface area contributed by atoms with Gasteiger partial charge >= 0.3 is 5.97 Å². The Labute approximate surface area is 230 Å². The molecule has 1 amide bonds. The lowest BCUT2D eigenvalue weighted by Crippen LogP contribution is -2.32. The van der Waals surface area contributed by atoms with Crippen LogP contribution in [0.5, 0.6) is 5.75 Å².